The number of hydrogen-bond acceptors (Lipinski definition) is 5. The lowest BCUT2D eigenvalue weighted by molar-refractivity contribution is -0.151. The number of rotatable bonds is 52. The summed E-state index contributed by atoms with van der Waals surface area (Å²) in [6.45, 7) is 6.48. The maximum absolute atomic E-state index is 13.3. The molecule has 0 aliphatic rings. The van der Waals surface area contributed by atoms with E-state index in [1.54, 1.807) is 0 Å². The van der Waals surface area contributed by atoms with E-state index in [1.165, 1.54) is 161 Å². The zero-order valence-corrected chi connectivity index (χ0v) is 44.1. The zero-order valence-electron chi connectivity index (χ0n) is 44.1. The fourth-order valence-corrected chi connectivity index (χ4v) is 8.78. The maximum atomic E-state index is 13.3. The molecule has 0 rings (SSSR count). The van der Waals surface area contributed by atoms with Crippen molar-refractivity contribution in [1.82, 2.24) is 5.32 Å². The number of aliphatic hydroxyl groups is 2. The quantitative estimate of drug-likeness (QED) is 0.0244. The van der Waals surface area contributed by atoms with Crippen LogP contribution in [0, 0.1) is 0 Å². The molecule has 6 heteroatoms. The fraction of sp³-hybridized carbons (Fsp3) is 0.833. The molecule has 0 aromatic carbocycles. The summed E-state index contributed by atoms with van der Waals surface area (Å²) in [6, 6.07) is -0.711. The van der Waals surface area contributed by atoms with Gasteiger partial charge in [-0.15, -0.1) is 0 Å². The summed E-state index contributed by atoms with van der Waals surface area (Å²) in [7, 11) is 0. The van der Waals surface area contributed by atoms with Crippen molar-refractivity contribution in [2.45, 2.75) is 315 Å². The molecule has 66 heavy (non-hydrogen) atoms. The number of aliphatic hydroxyl groups excluding tert-OH is 2. The topological polar surface area (TPSA) is 95.9 Å². The molecule has 0 bridgehead atoms. The van der Waals surface area contributed by atoms with Gasteiger partial charge in [0, 0.05) is 6.42 Å². The SMILES string of the molecule is CCCCCCC/C=C/C=C/C=C/CCCCCCCC(=O)OC(CCCCC/C=C/CCCCCCCCC)CC(=O)NC(CO)C(O)CCCCCCCCCCCCCCCCC. The van der Waals surface area contributed by atoms with E-state index < -0.39 is 18.2 Å². The van der Waals surface area contributed by atoms with Crippen LogP contribution in [-0.2, 0) is 14.3 Å². The number of carbonyl (C=O) groups is 2. The molecule has 1 amide bonds. The second-order valence-electron chi connectivity index (χ2n) is 19.7. The summed E-state index contributed by atoms with van der Waals surface area (Å²) < 4.78 is 5.94. The van der Waals surface area contributed by atoms with Crippen LogP contribution in [-0.4, -0.2) is 46.9 Å². The molecule has 0 aromatic rings. The van der Waals surface area contributed by atoms with Crippen LogP contribution in [0.25, 0.3) is 0 Å². The van der Waals surface area contributed by atoms with Crippen molar-refractivity contribution < 1.29 is 24.5 Å². The Morgan fingerprint density at radius 2 is 0.788 bits per heavy atom. The predicted molar refractivity (Wildman–Crippen MR) is 287 cm³/mol. The third-order valence-electron chi connectivity index (χ3n) is 13.2. The third kappa shape index (κ3) is 48.3. The van der Waals surface area contributed by atoms with Gasteiger partial charge in [-0.2, -0.15) is 0 Å². The van der Waals surface area contributed by atoms with Crippen LogP contribution in [0.1, 0.15) is 297 Å². The third-order valence-corrected chi connectivity index (χ3v) is 13.2. The molecule has 3 unspecified atom stereocenters. The highest BCUT2D eigenvalue weighted by molar-refractivity contribution is 5.77. The smallest absolute Gasteiger partial charge is 0.306 e. The van der Waals surface area contributed by atoms with Gasteiger partial charge >= 0.3 is 5.97 Å². The Bertz CT molecular complexity index is 1130. The molecule has 386 valence electrons. The lowest BCUT2D eigenvalue weighted by atomic mass is 10.0. The van der Waals surface area contributed by atoms with Crippen molar-refractivity contribution >= 4 is 11.9 Å². The number of unbranched alkanes of at least 4 members (excludes halogenated alkanes) is 34. The van der Waals surface area contributed by atoms with Gasteiger partial charge in [0.05, 0.1) is 25.2 Å². The van der Waals surface area contributed by atoms with Crippen molar-refractivity contribution in [2.75, 3.05) is 6.61 Å². The summed E-state index contributed by atoms with van der Waals surface area (Å²) in [5, 5.41) is 23.9. The van der Waals surface area contributed by atoms with Crippen LogP contribution in [0.2, 0.25) is 0 Å². The summed E-state index contributed by atoms with van der Waals surface area (Å²) in [6.07, 6.45) is 66.0. The minimum absolute atomic E-state index is 0.0599. The summed E-state index contributed by atoms with van der Waals surface area (Å²) >= 11 is 0. The van der Waals surface area contributed by atoms with Crippen LogP contribution in [0.4, 0.5) is 0 Å². The lowest BCUT2D eigenvalue weighted by Crippen LogP contribution is -2.46. The van der Waals surface area contributed by atoms with E-state index in [4.69, 9.17) is 4.74 Å². The molecule has 0 fully saturated rings. The van der Waals surface area contributed by atoms with Crippen molar-refractivity contribution in [2.24, 2.45) is 0 Å². The Kier molecular flexibility index (Phi) is 52.0. The number of carbonyl (C=O) groups excluding carboxylic acids is 2. The van der Waals surface area contributed by atoms with E-state index >= 15 is 0 Å². The van der Waals surface area contributed by atoms with Gasteiger partial charge in [-0.25, -0.2) is 0 Å². The van der Waals surface area contributed by atoms with Crippen LogP contribution in [0.5, 0.6) is 0 Å². The van der Waals surface area contributed by atoms with Gasteiger partial charge < -0.3 is 20.3 Å². The van der Waals surface area contributed by atoms with E-state index in [2.05, 4.69) is 74.7 Å². The van der Waals surface area contributed by atoms with Crippen LogP contribution >= 0.6 is 0 Å². The van der Waals surface area contributed by atoms with E-state index in [9.17, 15) is 19.8 Å². The second-order valence-corrected chi connectivity index (χ2v) is 19.7. The largest absolute Gasteiger partial charge is 0.462 e. The molecule has 0 saturated carbocycles. The summed E-state index contributed by atoms with van der Waals surface area (Å²) in [5.41, 5.74) is 0. The van der Waals surface area contributed by atoms with Crippen molar-refractivity contribution in [1.29, 1.82) is 0 Å². The average molecular weight is 927 g/mol. The van der Waals surface area contributed by atoms with Gasteiger partial charge in [0.25, 0.3) is 0 Å². The molecule has 0 saturated heterocycles. The van der Waals surface area contributed by atoms with Crippen molar-refractivity contribution in [3.05, 3.63) is 48.6 Å². The molecule has 0 spiro atoms. The Morgan fingerprint density at radius 1 is 0.439 bits per heavy atom. The van der Waals surface area contributed by atoms with Crippen LogP contribution in [0.3, 0.4) is 0 Å². The van der Waals surface area contributed by atoms with Crippen LogP contribution < -0.4 is 5.32 Å². The van der Waals surface area contributed by atoms with E-state index in [1.807, 2.05) is 0 Å². The highest BCUT2D eigenvalue weighted by Gasteiger charge is 2.24. The molecule has 6 nitrogen and oxygen atoms in total. The number of ether oxygens (including phenoxy) is 1. The lowest BCUT2D eigenvalue weighted by Gasteiger charge is -2.24. The number of esters is 1. The predicted octanol–water partition coefficient (Wildman–Crippen LogP) is 17.8. The Balaban J connectivity index is 4.59. The Labute approximate surface area is 410 Å². The van der Waals surface area contributed by atoms with Gasteiger partial charge in [0.2, 0.25) is 5.91 Å². The number of amides is 1. The normalized spacial score (nSPS) is 13.5. The number of hydrogen-bond donors (Lipinski definition) is 3. The first-order valence-corrected chi connectivity index (χ1v) is 28.9. The van der Waals surface area contributed by atoms with Gasteiger partial charge in [-0.3, -0.25) is 9.59 Å². The molecular weight excluding hydrogens is 815 g/mol. The molecule has 3 atom stereocenters. The minimum atomic E-state index is -0.796. The molecular formula is C60H111NO5. The second kappa shape index (κ2) is 53.8. The van der Waals surface area contributed by atoms with E-state index in [-0.39, 0.29) is 24.9 Å². The fourth-order valence-electron chi connectivity index (χ4n) is 8.78. The van der Waals surface area contributed by atoms with Gasteiger partial charge in [-0.1, -0.05) is 256 Å². The van der Waals surface area contributed by atoms with Gasteiger partial charge in [0.15, 0.2) is 0 Å². The Hall–Kier alpha value is -2.18. The van der Waals surface area contributed by atoms with Gasteiger partial charge in [-0.05, 0) is 77.0 Å². The molecule has 0 aromatic heterocycles. The van der Waals surface area contributed by atoms with Gasteiger partial charge in [0.1, 0.15) is 6.10 Å². The monoisotopic (exact) mass is 926 g/mol. The zero-order chi connectivity index (χ0) is 48.1. The summed E-state index contributed by atoms with van der Waals surface area (Å²) in [5.74, 6) is -0.502. The Morgan fingerprint density at radius 3 is 1.21 bits per heavy atom. The molecule has 3 N–H and O–H groups in total. The standard InChI is InChI=1S/C60H111NO5/c1-4-7-10-13-16-19-22-25-28-29-30-32-35-38-41-44-47-50-53-60(65)66-56(51-48-45-42-39-36-33-27-24-21-18-15-12-9-6-3)54-59(64)61-57(55-62)58(63)52-49-46-43-40-37-34-31-26-23-20-17-14-11-8-5-2/h22,25,28-30,32-33,36,56-58,62-63H,4-21,23-24,26-27,31,34-35,37-55H2,1-3H3,(H,61,64)/b25-22+,29-28+,32-30+,36-33+. The summed E-state index contributed by atoms with van der Waals surface area (Å²) in [4.78, 5) is 26.3. The number of allylic oxidation sites excluding steroid dienone is 8. The average Bonchev–Trinajstić information content (AvgIpc) is 3.31. The van der Waals surface area contributed by atoms with Crippen molar-refractivity contribution in [3.63, 3.8) is 0 Å². The maximum Gasteiger partial charge on any atom is 0.306 e. The highest BCUT2D eigenvalue weighted by Crippen LogP contribution is 2.18. The molecule has 0 aliphatic heterocycles. The van der Waals surface area contributed by atoms with E-state index in [0.717, 1.165) is 89.9 Å². The number of nitrogens with one attached hydrogen (secondary N) is 1. The molecule has 0 aliphatic carbocycles. The van der Waals surface area contributed by atoms with E-state index in [0.29, 0.717) is 19.3 Å². The highest BCUT2D eigenvalue weighted by atomic mass is 16.5. The van der Waals surface area contributed by atoms with Crippen LogP contribution in [0.15, 0.2) is 48.6 Å². The molecule has 0 heterocycles. The minimum Gasteiger partial charge on any atom is -0.462 e. The molecule has 0 radical (unpaired) electrons. The first-order valence-electron chi connectivity index (χ1n) is 28.9. The van der Waals surface area contributed by atoms with Crippen molar-refractivity contribution in [3.8, 4) is 0 Å². The first kappa shape index (κ1) is 63.8. The first-order chi connectivity index (χ1) is 32.5.